The van der Waals surface area contributed by atoms with Crippen molar-refractivity contribution in [1.82, 2.24) is 15.1 Å². The summed E-state index contributed by atoms with van der Waals surface area (Å²) in [7, 11) is 0. The minimum Gasteiger partial charge on any atom is -0.463 e. The molecule has 160 valence electrons. The van der Waals surface area contributed by atoms with E-state index in [4.69, 9.17) is 4.42 Å². The Hall–Kier alpha value is -4.13. The summed E-state index contributed by atoms with van der Waals surface area (Å²) < 4.78 is 7.08. The van der Waals surface area contributed by atoms with Gasteiger partial charge in [0.1, 0.15) is 11.4 Å². The molecule has 5 rings (SSSR count). The summed E-state index contributed by atoms with van der Waals surface area (Å²) in [6, 6.07) is 22.5. The van der Waals surface area contributed by atoms with Crippen LogP contribution in [0.4, 0.5) is 5.69 Å². The van der Waals surface area contributed by atoms with Gasteiger partial charge in [-0.05, 0) is 48.4 Å². The van der Waals surface area contributed by atoms with Crippen LogP contribution in [0.25, 0.3) is 17.1 Å². The lowest BCUT2D eigenvalue weighted by Gasteiger charge is -2.16. The summed E-state index contributed by atoms with van der Waals surface area (Å²) >= 11 is 0. The van der Waals surface area contributed by atoms with Crippen molar-refractivity contribution in [2.24, 2.45) is 0 Å². The van der Waals surface area contributed by atoms with Crippen molar-refractivity contribution < 1.29 is 14.0 Å². The SMILES string of the molecule is O=C(NCc1cccc(N2CCCC2=O)c1)c1cc(-c2ccco2)nn1-c1ccccc1. The van der Waals surface area contributed by atoms with Crippen LogP contribution in [-0.4, -0.2) is 28.1 Å². The Bertz CT molecular complexity index is 1250. The van der Waals surface area contributed by atoms with E-state index in [1.807, 2.05) is 60.7 Å². The van der Waals surface area contributed by atoms with E-state index in [1.54, 1.807) is 28.0 Å². The van der Waals surface area contributed by atoms with Gasteiger partial charge in [0.2, 0.25) is 5.91 Å². The Morgan fingerprint density at radius 1 is 1.00 bits per heavy atom. The second-order valence-corrected chi connectivity index (χ2v) is 7.64. The number of benzene rings is 2. The number of nitrogens with one attached hydrogen (secondary N) is 1. The summed E-state index contributed by atoms with van der Waals surface area (Å²) in [5, 5.41) is 7.57. The van der Waals surface area contributed by atoms with Gasteiger partial charge >= 0.3 is 0 Å². The molecule has 0 bridgehead atoms. The molecule has 0 atom stereocenters. The lowest BCUT2D eigenvalue weighted by molar-refractivity contribution is -0.117. The predicted molar refractivity (Wildman–Crippen MR) is 120 cm³/mol. The molecular formula is C25H22N4O3. The summed E-state index contributed by atoms with van der Waals surface area (Å²) in [6.07, 6.45) is 3.04. The van der Waals surface area contributed by atoms with Crippen LogP contribution >= 0.6 is 0 Å². The van der Waals surface area contributed by atoms with Crippen molar-refractivity contribution in [2.75, 3.05) is 11.4 Å². The first kappa shape index (κ1) is 19.8. The van der Waals surface area contributed by atoms with E-state index in [2.05, 4.69) is 10.4 Å². The molecule has 0 saturated carbocycles. The Labute approximate surface area is 185 Å². The number of aromatic nitrogens is 2. The number of carbonyl (C=O) groups is 2. The molecule has 0 unspecified atom stereocenters. The number of furan rings is 1. The zero-order valence-electron chi connectivity index (χ0n) is 17.4. The molecule has 32 heavy (non-hydrogen) atoms. The Morgan fingerprint density at radius 2 is 1.84 bits per heavy atom. The molecule has 1 fully saturated rings. The maximum absolute atomic E-state index is 13.1. The van der Waals surface area contributed by atoms with Gasteiger partial charge in [-0.15, -0.1) is 0 Å². The van der Waals surface area contributed by atoms with Crippen molar-refractivity contribution in [2.45, 2.75) is 19.4 Å². The molecule has 2 aromatic heterocycles. The lowest BCUT2D eigenvalue weighted by atomic mass is 10.2. The summed E-state index contributed by atoms with van der Waals surface area (Å²) in [4.78, 5) is 27.0. The first-order valence-electron chi connectivity index (χ1n) is 10.6. The van der Waals surface area contributed by atoms with Crippen molar-refractivity contribution in [1.29, 1.82) is 0 Å². The monoisotopic (exact) mass is 426 g/mol. The summed E-state index contributed by atoms with van der Waals surface area (Å²) in [5.74, 6) is 0.488. The molecule has 2 amide bonds. The highest BCUT2D eigenvalue weighted by Crippen LogP contribution is 2.24. The van der Waals surface area contributed by atoms with Crippen LogP contribution in [-0.2, 0) is 11.3 Å². The van der Waals surface area contributed by atoms with Crippen LogP contribution in [0.1, 0.15) is 28.9 Å². The number of amides is 2. The Balaban J connectivity index is 1.38. The largest absolute Gasteiger partial charge is 0.463 e. The summed E-state index contributed by atoms with van der Waals surface area (Å²) in [6.45, 7) is 1.07. The second-order valence-electron chi connectivity index (χ2n) is 7.64. The van der Waals surface area contributed by atoms with E-state index in [1.165, 1.54) is 0 Å². The van der Waals surface area contributed by atoms with Gasteiger partial charge in [-0.1, -0.05) is 30.3 Å². The molecule has 7 heteroatoms. The lowest BCUT2D eigenvalue weighted by Crippen LogP contribution is -2.26. The van der Waals surface area contributed by atoms with Crippen LogP contribution in [0.2, 0.25) is 0 Å². The zero-order valence-corrected chi connectivity index (χ0v) is 17.4. The van der Waals surface area contributed by atoms with E-state index >= 15 is 0 Å². The number of carbonyl (C=O) groups excluding carboxylic acids is 2. The zero-order chi connectivity index (χ0) is 21.9. The van der Waals surface area contributed by atoms with Crippen molar-refractivity contribution in [3.8, 4) is 17.1 Å². The van der Waals surface area contributed by atoms with E-state index in [0.29, 0.717) is 30.1 Å². The van der Waals surface area contributed by atoms with Crippen molar-refractivity contribution >= 4 is 17.5 Å². The summed E-state index contributed by atoms with van der Waals surface area (Å²) in [5.41, 5.74) is 3.57. The molecule has 1 aliphatic rings. The molecule has 0 radical (unpaired) electrons. The van der Waals surface area contributed by atoms with Crippen molar-refractivity contribution in [3.63, 3.8) is 0 Å². The minimum atomic E-state index is -0.248. The van der Waals surface area contributed by atoms with E-state index in [0.717, 1.165) is 29.9 Å². The van der Waals surface area contributed by atoms with Gasteiger partial charge in [-0.2, -0.15) is 5.10 Å². The third-order valence-corrected chi connectivity index (χ3v) is 5.47. The van der Waals surface area contributed by atoms with Gasteiger partial charge in [0.15, 0.2) is 5.76 Å². The molecule has 3 heterocycles. The molecular weight excluding hydrogens is 404 g/mol. The fraction of sp³-hybridized carbons (Fsp3) is 0.160. The second kappa shape index (κ2) is 8.55. The van der Waals surface area contributed by atoms with Gasteiger partial charge < -0.3 is 14.6 Å². The fourth-order valence-electron chi connectivity index (χ4n) is 3.88. The highest BCUT2D eigenvalue weighted by Gasteiger charge is 2.22. The van der Waals surface area contributed by atoms with Gasteiger partial charge in [0, 0.05) is 31.3 Å². The quantitative estimate of drug-likeness (QED) is 0.501. The molecule has 1 aliphatic heterocycles. The molecule has 0 aliphatic carbocycles. The number of rotatable bonds is 6. The maximum atomic E-state index is 13.1. The third-order valence-electron chi connectivity index (χ3n) is 5.47. The Morgan fingerprint density at radius 3 is 2.59 bits per heavy atom. The topological polar surface area (TPSA) is 80.4 Å². The van der Waals surface area contributed by atoms with Crippen LogP contribution in [0, 0.1) is 0 Å². The first-order valence-corrected chi connectivity index (χ1v) is 10.6. The van der Waals surface area contributed by atoms with Gasteiger partial charge in [0.05, 0.1) is 12.0 Å². The molecule has 1 saturated heterocycles. The highest BCUT2D eigenvalue weighted by atomic mass is 16.3. The minimum absolute atomic E-state index is 0.142. The highest BCUT2D eigenvalue weighted by molar-refractivity contribution is 5.95. The molecule has 0 spiro atoms. The Kier molecular flexibility index (Phi) is 5.29. The standard InChI is InChI=1S/C25H22N4O3/c30-24-12-5-13-28(24)20-10-4-7-18(15-20)17-26-25(31)22-16-21(23-11-6-14-32-23)27-29(22)19-8-2-1-3-9-19/h1-4,6-11,14-16H,5,12-13,17H2,(H,26,31). The van der Waals surface area contributed by atoms with Gasteiger partial charge in [-0.3, -0.25) is 9.59 Å². The van der Waals surface area contributed by atoms with Crippen LogP contribution in [0.3, 0.4) is 0 Å². The number of nitrogens with zero attached hydrogens (tertiary/aromatic N) is 3. The smallest absolute Gasteiger partial charge is 0.270 e. The number of hydrogen-bond donors (Lipinski definition) is 1. The van der Waals surface area contributed by atoms with E-state index in [9.17, 15) is 9.59 Å². The normalized spacial score (nSPS) is 13.5. The molecule has 1 N–H and O–H groups in total. The average molecular weight is 426 g/mol. The van der Waals surface area contributed by atoms with Gasteiger partial charge in [-0.25, -0.2) is 4.68 Å². The average Bonchev–Trinajstić information content (AvgIpc) is 3.58. The molecule has 4 aromatic rings. The number of hydrogen-bond acceptors (Lipinski definition) is 4. The van der Waals surface area contributed by atoms with E-state index in [-0.39, 0.29) is 11.8 Å². The fourth-order valence-corrected chi connectivity index (χ4v) is 3.88. The maximum Gasteiger partial charge on any atom is 0.270 e. The number of para-hydroxylation sites is 1. The van der Waals surface area contributed by atoms with Crippen LogP contribution < -0.4 is 10.2 Å². The van der Waals surface area contributed by atoms with Gasteiger partial charge in [0.25, 0.3) is 5.91 Å². The number of anilines is 1. The molecule has 2 aromatic carbocycles. The predicted octanol–water partition coefficient (Wildman–Crippen LogP) is 4.19. The van der Waals surface area contributed by atoms with Crippen molar-refractivity contribution in [3.05, 3.63) is 90.3 Å². The van der Waals surface area contributed by atoms with Crippen LogP contribution in [0.15, 0.2) is 83.5 Å². The first-order chi connectivity index (χ1) is 15.7. The van der Waals surface area contributed by atoms with E-state index < -0.39 is 0 Å². The van der Waals surface area contributed by atoms with Crippen LogP contribution in [0.5, 0.6) is 0 Å². The third kappa shape index (κ3) is 3.92. The molecule has 7 nitrogen and oxygen atoms in total.